The molecule has 0 unspecified atom stereocenters. The van der Waals surface area contributed by atoms with Crippen LogP contribution in [0.1, 0.15) is 34.1 Å². The van der Waals surface area contributed by atoms with Crippen LogP contribution in [0.15, 0.2) is 0 Å². The molecule has 0 amide bonds. The Morgan fingerprint density at radius 3 is 1.55 bits per heavy atom. The molecule has 0 aliphatic heterocycles. The third-order valence-electron chi connectivity index (χ3n) is 1.81. The molecule has 0 fully saturated rings. The van der Waals surface area contributed by atoms with Gasteiger partial charge in [0.25, 0.3) is 0 Å². The van der Waals surface area contributed by atoms with Gasteiger partial charge in [0, 0.05) is 12.1 Å². The maximum absolute atomic E-state index is 3.39. The molecule has 0 saturated heterocycles. The lowest BCUT2D eigenvalue weighted by molar-refractivity contribution is 0.439. The topological polar surface area (TPSA) is 24.1 Å². The first kappa shape index (κ1) is 10.9. The highest BCUT2D eigenvalue weighted by atomic mass is 14.9. The lowest BCUT2D eigenvalue weighted by atomic mass is 10.1. The van der Waals surface area contributed by atoms with Crippen molar-refractivity contribution in [1.29, 1.82) is 0 Å². The SMILES string of the molecule is CCN[C@H](C)C[C@H](C)NCC. The minimum absolute atomic E-state index is 0.633. The Kier molecular flexibility index (Phi) is 6.57. The van der Waals surface area contributed by atoms with Crippen molar-refractivity contribution in [2.45, 2.75) is 46.2 Å². The highest BCUT2D eigenvalue weighted by Gasteiger charge is 2.04. The van der Waals surface area contributed by atoms with Gasteiger partial charge in [-0.15, -0.1) is 0 Å². The molecule has 0 spiro atoms. The summed E-state index contributed by atoms with van der Waals surface area (Å²) < 4.78 is 0. The van der Waals surface area contributed by atoms with E-state index in [0.717, 1.165) is 13.1 Å². The zero-order valence-electron chi connectivity index (χ0n) is 8.28. The van der Waals surface area contributed by atoms with Crippen LogP contribution in [0.2, 0.25) is 0 Å². The van der Waals surface area contributed by atoms with Gasteiger partial charge >= 0.3 is 0 Å². The molecule has 0 aromatic heterocycles. The van der Waals surface area contributed by atoms with Gasteiger partial charge < -0.3 is 10.6 Å². The summed E-state index contributed by atoms with van der Waals surface area (Å²) in [5.41, 5.74) is 0. The van der Waals surface area contributed by atoms with Gasteiger partial charge in [-0.1, -0.05) is 13.8 Å². The summed E-state index contributed by atoms with van der Waals surface area (Å²) in [5, 5.41) is 6.79. The van der Waals surface area contributed by atoms with E-state index in [-0.39, 0.29) is 0 Å². The summed E-state index contributed by atoms with van der Waals surface area (Å²) in [6, 6.07) is 1.27. The Balaban J connectivity index is 3.32. The van der Waals surface area contributed by atoms with Crippen LogP contribution in [0.4, 0.5) is 0 Å². The average Bonchev–Trinajstić information content (AvgIpc) is 1.87. The fourth-order valence-corrected chi connectivity index (χ4v) is 1.39. The normalized spacial score (nSPS) is 16.4. The second kappa shape index (κ2) is 6.62. The van der Waals surface area contributed by atoms with Gasteiger partial charge in [0.1, 0.15) is 0 Å². The molecular weight excluding hydrogens is 136 g/mol. The van der Waals surface area contributed by atoms with Crippen molar-refractivity contribution in [2.75, 3.05) is 13.1 Å². The first-order valence-electron chi connectivity index (χ1n) is 4.67. The Hall–Kier alpha value is -0.0800. The van der Waals surface area contributed by atoms with E-state index in [1.807, 2.05) is 0 Å². The van der Waals surface area contributed by atoms with Gasteiger partial charge in [0.15, 0.2) is 0 Å². The van der Waals surface area contributed by atoms with Gasteiger partial charge in [0.2, 0.25) is 0 Å². The van der Waals surface area contributed by atoms with Crippen LogP contribution in [-0.2, 0) is 0 Å². The predicted molar refractivity (Wildman–Crippen MR) is 50.9 cm³/mol. The van der Waals surface area contributed by atoms with Crippen LogP contribution in [0.3, 0.4) is 0 Å². The molecule has 0 aliphatic carbocycles. The maximum atomic E-state index is 3.39. The van der Waals surface area contributed by atoms with Crippen LogP contribution in [0, 0.1) is 0 Å². The zero-order valence-corrected chi connectivity index (χ0v) is 8.28. The second-order valence-corrected chi connectivity index (χ2v) is 3.15. The van der Waals surface area contributed by atoms with Crippen LogP contribution in [0.5, 0.6) is 0 Å². The molecule has 0 aromatic rings. The van der Waals surface area contributed by atoms with Crippen molar-refractivity contribution in [3.63, 3.8) is 0 Å². The number of rotatable bonds is 6. The molecule has 68 valence electrons. The minimum Gasteiger partial charge on any atom is -0.314 e. The molecule has 2 heteroatoms. The Bertz CT molecular complexity index is 73.6. The van der Waals surface area contributed by atoms with E-state index in [4.69, 9.17) is 0 Å². The largest absolute Gasteiger partial charge is 0.314 e. The molecule has 2 nitrogen and oxygen atoms in total. The molecule has 0 saturated carbocycles. The highest BCUT2D eigenvalue weighted by molar-refractivity contribution is 4.67. The van der Waals surface area contributed by atoms with Crippen LogP contribution in [0.25, 0.3) is 0 Å². The van der Waals surface area contributed by atoms with Gasteiger partial charge in [-0.3, -0.25) is 0 Å². The van der Waals surface area contributed by atoms with Crippen LogP contribution < -0.4 is 10.6 Å². The van der Waals surface area contributed by atoms with Crippen molar-refractivity contribution >= 4 is 0 Å². The van der Waals surface area contributed by atoms with Crippen LogP contribution in [-0.4, -0.2) is 25.2 Å². The van der Waals surface area contributed by atoms with Gasteiger partial charge in [-0.05, 0) is 33.4 Å². The lowest BCUT2D eigenvalue weighted by Gasteiger charge is -2.18. The summed E-state index contributed by atoms with van der Waals surface area (Å²) in [6.07, 6.45) is 1.21. The molecule has 0 rings (SSSR count). The van der Waals surface area contributed by atoms with Crippen molar-refractivity contribution in [3.8, 4) is 0 Å². The number of hydrogen-bond acceptors (Lipinski definition) is 2. The summed E-state index contributed by atoms with van der Waals surface area (Å²) in [4.78, 5) is 0. The van der Waals surface area contributed by atoms with E-state index in [1.54, 1.807) is 0 Å². The molecule has 0 radical (unpaired) electrons. The number of hydrogen-bond donors (Lipinski definition) is 2. The van der Waals surface area contributed by atoms with E-state index in [0.29, 0.717) is 12.1 Å². The molecule has 0 bridgehead atoms. The third kappa shape index (κ3) is 6.32. The second-order valence-electron chi connectivity index (χ2n) is 3.15. The van der Waals surface area contributed by atoms with Gasteiger partial charge in [-0.25, -0.2) is 0 Å². The van der Waals surface area contributed by atoms with Crippen LogP contribution >= 0.6 is 0 Å². The Morgan fingerprint density at radius 2 is 1.27 bits per heavy atom. The Labute approximate surface area is 70.8 Å². The molecule has 0 heterocycles. The first-order chi connectivity index (χ1) is 5.20. The van der Waals surface area contributed by atoms with Crippen molar-refractivity contribution in [2.24, 2.45) is 0 Å². The highest BCUT2D eigenvalue weighted by Crippen LogP contribution is 1.95. The van der Waals surface area contributed by atoms with Gasteiger partial charge in [0.05, 0.1) is 0 Å². The van der Waals surface area contributed by atoms with Crippen molar-refractivity contribution < 1.29 is 0 Å². The fourth-order valence-electron chi connectivity index (χ4n) is 1.39. The molecule has 0 aliphatic rings. The third-order valence-corrected chi connectivity index (χ3v) is 1.81. The standard InChI is InChI=1S/C9H22N2/c1-5-10-8(3)7-9(4)11-6-2/h8-11H,5-7H2,1-4H3/t8-,9+. The van der Waals surface area contributed by atoms with E-state index in [9.17, 15) is 0 Å². The number of nitrogens with one attached hydrogen (secondary N) is 2. The minimum atomic E-state index is 0.633. The zero-order chi connectivity index (χ0) is 8.69. The smallest absolute Gasteiger partial charge is 0.00533 e. The predicted octanol–water partition coefficient (Wildman–Crippen LogP) is 1.37. The van der Waals surface area contributed by atoms with Crippen molar-refractivity contribution in [3.05, 3.63) is 0 Å². The monoisotopic (exact) mass is 158 g/mol. The molecule has 2 N–H and O–H groups in total. The Morgan fingerprint density at radius 1 is 0.909 bits per heavy atom. The molecular formula is C9H22N2. The van der Waals surface area contributed by atoms with Gasteiger partial charge in [-0.2, -0.15) is 0 Å². The van der Waals surface area contributed by atoms with E-state index < -0.39 is 0 Å². The molecule has 2 atom stereocenters. The maximum Gasteiger partial charge on any atom is 0.00533 e. The molecule has 0 aromatic carbocycles. The summed E-state index contributed by atoms with van der Waals surface area (Å²) in [7, 11) is 0. The van der Waals surface area contributed by atoms with Crippen molar-refractivity contribution in [1.82, 2.24) is 10.6 Å². The van der Waals surface area contributed by atoms with E-state index in [2.05, 4.69) is 38.3 Å². The molecule has 11 heavy (non-hydrogen) atoms. The average molecular weight is 158 g/mol. The summed E-state index contributed by atoms with van der Waals surface area (Å²) in [6.45, 7) is 10.9. The van der Waals surface area contributed by atoms with E-state index >= 15 is 0 Å². The summed E-state index contributed by atoms with van der Waals surface area (Å²) in [5.74, 6) is 0. The first-order valence-corrected chi connectivity index (χ1v) is 4.67. The summed E-state index contributed by atoms with van der Waals surface area (Å²) >= 11 is 0. The lowest BCUT2D eigenvalue weighted by Crippen LogP contribution is -2.35. The fraction of sp³-hybridized carbons (Fsp3) is 1.00. The van der Waals surface area contributed by atoms with E-state index in [1.165, 1.54) is 6.42 Å². The quantitative estimate of drug-likeness (QED) is 0.610.